The van der Waals surface area contributed by atoms with Gasteiger partial charge in [0.2, 0.25) is 0 Å². The molecule has 0 radical (unpaired) electrons. The highest BCUT2D eigenvalue weighted by Crippen LogP contribution is 2.14. The molecule has 1 aromatic heterocycles. The average molecular weight is 313 g/mol. The first-order valence-corrected chi connectivity index (χ1v) is 7.54. The summed E-state index contributed by atoms with van der Waals surface area (Å²) in [6.07, 6.45) is 3.06. The smallest absolute Gasteiger partial charge is 0.275 e. The van der Waals surface area contributed by atoms with E-state index in [2.05, 4.69) is 31.6 Å². The van der Waals surface area contributed by atoms with Crippen molar-refractivity contribution in [3.63, 3.8) is 0 Å². The van der Waals surface area contributed by atoms with Gasteiger partial charge in [-0.1, -0.05) is 6.07 Å². The molecule has 1 amide bonds. The lowest BCUT2D eigenvalue weighted by molar-refractivity contribution is 0.102. The molecule has 1 heterocycles. The van der Waals surface area contributed by atoms with Gasteiger partial charge in [0.05, 0.1) is 12.4 Å². The summed E-state index contributed by atoms with van der Waals surface area (Å²) >= 11 is 0. The normalized spacial score (nSPS) is 10.7. The average Bonchev–Trinajstić information content (AvgIpc) is 2.46. The van der Waals surface area contributed by atoms with Crippen molar-refractivity contribution >= 4 is 17.4 Å². The highest BCUT2D eigenvalue weighted by molar-refractivity contribution is 6.02. The molecule has 0 fully saturated rings. The monoisotopic (exact) mass is 313 g/mol. The number of rotatable bonds is 6. The molecule has 0 saturated carbocycles. The molecule has 0 unspecified atom stereocenters. The lowest BCUT2D eigenvalue weighted by atomic mass is 10.1. The Morgan fingerprint density at radius 3 is 2.35 bits per heavy atom. The van der Waals surface area contributed by atoms with Crippen molar-refractivity contribution in [1.29, 1.82) is 0 Å². The third-order valence-electron chi connectivity index (χ3n) is 3.23. The number of hydrogen-bond acceptors (Lipinski definition) is 5. The topological polar surface area (TPSA) is 70.2 Å². The van der Waals surface area contributed by atoms with Crippen LogP contribution in [0.4, 0.5) is 11.5 Å². The lowest BCUT2D eigenvalue weighted by Crippen LogP contribution is -2.21. The SMILES string of the molecule is Cc1cc(C)cc(NC(=O)c2cnc(NCCN(C)C)cn2)c1. The van der Waals surface area contributed by atoms with Crippen LogP contribution in [0.2, 0.25) is 0 Å². The van der Waals surface area contributed by atoms with Crippen molar-refractivity contribution in [1.82, 2.24) is 14.9 Å². The molecule has 122 valence electrons. The van der Waals surface area contributed by atoms with Gasteiger partial charge in [0.15, 0.2) is 0 Å². The Hall–Kier alpha value is -2.47. The van der Waals surface area contributed by atoms with Crippen molar-refractivity contribution in [3.8, 4) is 0 Å². The number of benzene rings is 1. The number of anilines is 2. The highest BCUT2D eigenvalue weighted by atomic mass is 16.1. The number of aromatic nitrogens is 2. The fourth-order valence-electron chi connectivity index (χ4n) is 2.19. The molecule has 0 saturated heterocycles. The van der Waals surface area contributed by atoms with Gasteiger partial charge in [-0.15, -0.1) is 0 Å². The maximum absolute atomic E-state index is 12.2. The van der Waals surface area contributed by atoms with E-state index in [1.165, 1.54) is 6.20 Å². The van der Waals surface area contributed by atoms with E-state index in [1.807, 2.05) is 40.1 Å². The van der Waals surface area contributed by atoms with Crippen molar-refractivity contribution in [2.24, 2.45) is 0 Å². The van der Waals surface area contributed by atoms with Crippen molar-refractivity contribution < 1.29 is 4.79 Å². The minimum atomic E-state index is -0.262. The summed E-state index contributed by atoms with van der Waals surface area (Å²) in [7, 11) is 4.02. The van der Waals surface area contributed by atoms with Crippen molar-refractivity contribution in [2.45, 2.75) is 13.8 Å². The number of carbonyl (C=O) groups excluding carboxylic acids is 1. The summed E-state index contributed by atoms with van der Waals surface area (Å²) < 4.78 is 0. The second-order valence-corrected chi connectivity index (χ2v) is 5.85. The van der Waals surface area contributed by atoms with Crippen LogP contribution < -0.4 is 10.6 Å². The van der Waals surface area contributed by atoms with E-state index in [9.17, 15) is 4.79 Å². The molecule has 0 spiro atoms. The van der Waals surface area contributed by atoms with Crippen LogP contribution in [0.5, 0.6) is 0 Å². The zero-order valence-electron chi connectivity index (χ0n) is 14.1. The number of likely N-dealkylation sites (N-methyl/N-ethyl adjacent to an activating group) is 1. The summed E-state index contributed by atoms with van der Waals surface area (Å²) in [5, 5.41) is 6.01. The third-order valence-corrected chi connectivity index (χ3v) is 3.23. The molecule has 2 N–H and O–H groups in total. The number of nitrogens with zero attached hydrogens (tertiary/aromatic N) is 3. The van der Waals surface area contributed by atoms with Crippen molar-refractivity contribution in [3.05, 3.63) is 47.4 Å². The van der Waals surface area contributed by atoms with E-state index in [0.29, 0.717) is 11.5 Å². The largest absolute Gasteiger partial charge is 0.368 e. The zero-order chi connectivity index (χ0) is 16.8. The fourth-order valence-corrected chi connectivity index (χ4v) is 2.19. The Labute approximate surface area is 137 Å². The van der Waals surface area contributed by atoms with E-state index in [0.717, 1.165) is 29.9 Å². The molecule has 1 aromatic carbocycles. The van der Waals surface area contributed by atoms with Gasteiger partial charge >= 0.3 is 0 Å². The van der Waals surface area contributed by atoms with Gasteiger partial charge < -0.3 is 15.5 Å². The number of carbonyl (C=O) groups is 1. The molecule has 6 heteroatoms. The molecule has 0 aliphatic rings. The van der Waals surface area contributed by atoms with Gasteiger partial charge in [-0.05, 0) is 51.2 Å². The first-order chi connectivity index (χ1) is 10.9. The number of aryl methyl sites for hydroxylation is 2. The first-order valence-electron chi connectivity index (χ1n) is 7.54. The minimum absolute atomic E-state index is 0.262. The molecule has 6 nitrogen and oxygen atoms in total. The molecule has 2 aromatic rings. The van der Waals surface area contributed by atoms with Crippen LogP contribution in [0.3, 0.4) is 0 Å². The van der Waals surface area contributed by atoms with E-state index in [1.54, 1.807) is 6.20 Å². The second kappa shape index (κ2) is 7.69. The molecule has 0 bridgehead atoms. The van der Waals surface area contributed by atoms with Crippen LogP contribution in [0.25, 0.3) is 0 Å². The quantitative estimate of drug-likeness (QED) is 0.856. The van der Waals surface area contributed by atoms with Gasteiger partial charge in [0.25, 0.3) is 5.91 Å². The van der Waals surface area contributed by atoms with Crippen LogP contribution in [0, 0.1) is 13.8 Å². The van der Waals surface area contributed by atoms with Crippen LogP contribution in [-0.4, -0.2) is 48.0 Å². The van der Waals surface area contributed by atoms with E-state index < -0.39 is 0 Å². The van der Waals surface area contributed by atoms with E-state index in [4.69, 9.17) is 0 Å². The van der Waals surface area contributed by atoms with Gasteiger partial charge in [-0.25, -0.2) is 9.97 Å². The fraction of sp³-hybridized carbons (Fsp3) is 0.353. The second-order valence-electron chi connectivity index (χ2n) is 5.85. The van der Waals surface area contributed by atoms with Crippen LogP contribution in [0.15, 0.2) is 30.6 Å². The van der Waals surface area contributed by atoms with E-state index >= 15 is 0 Å². The summed E-state index contributed by atoms with van der Waals surface area (Å²) in [4.78, 5) is 22.7. The first kappa shape index (κ1) is 16.9. The predicted molar refractivity (Wildman–Crippen MR) is 92.9 cm³/mol. The van der Waals surface area contributed by atoms with Crippen molar-refractivity contribution in [2.75, 3.05) is 37.8 Å². The highest BCUT2D eigenvalue weighted by Gasteiger charge is 2.09. The Balaban J connectivity index is 1.97. The Bertz CT molecular complexity index is 647. The lowest BCUT2D eigenvalue weighted by Gasteiger charge is -2.11. The summed E-state index contributed by atoms with van der Waals surface area (Å²) in [5.74, 6) is 0.400. The van der Waals surface area contributed by atoms with E-state index in [-0.39, 0.29) is 5.91 Å². The van der Waals surface area contributed by atoms with Gasteiger partial charge in [-0.3, -0.25) is 4.79 Å². The summed E-state index contributed by atoms with van der Waals surface area (Å²) in [6.45, 7) is 5.67. The minimum Gasteiger partial charge on any atom is -0.368 e. The summed E-state index contributed by atoms with van der Waals surface area (Å²) in [6, 6.07) is 5.91. The Kier molecular flexibility index (Phi) is 5.65. The molecule has 2 rings (SSSR count). The van der Waals surface area contributed by atoms with Crippen LogP contribution in [-0.2, 0) is 0 Å². The standard InChI is InChI=1S/C17H23N5O/c1-12-7-13(2)9-14(8-12)21-17(23)15-10-20-16(11-19-15)18-5-6-22(3)4/h7-11H,5-6H2,1-4H3,(H,18,20)(H,21,23). The molecule has 23 heavy (non-hydrogen) atoms. The maximum atomic E-state index is 12.2. The number of nitrogens with one attached hydrogen (secondary N) is 2. The molecule has 0 aliphatic heterocycles. The van der Waals surface area contributed by atoms with Gasteiger partial charge in [0, 0.05) is 18.8 Å². The summed E-state index contributed by atoms with van der Waals surface area (Å²) in [5.41, 5.74) is 3.27. The number of hydrogen-bond donors (Lipinski definition) is 2. The maximum Gasteiger partial charge on any atom is 0.275 e. The number of amides is 1. The zero-order valence-corrected chi connectivity index (χ0v) is 14.1. The molecular weight excluding hydrogens is 290 g/mol. The molecular formula is C17H23N5O. The van der Waals surface area contributed by atoms with Crippen LogP contribution in [0.1, 0.15) is 21.6 Å². The molecule has 0 aliphatic carbocycles. The third kappa shape index (κ3) is 5.34. The van der Waals surface area contributed by atoms with Crippen LogP contribution >= 0.6 is 0 Å². The van der Waals surface area contributed by atoms with Gasteiger partial charge in [-0.2, -0.15) is 0 Å². The molecule has 0 atom stereocenters. The Morgan fingerprint density at radius 1 is 1.09 bits per heavy atom. The Morgan fingerprint density at radius 2 is 1.78 bits per heavy atom. The predicted octanol–water partition coefficient (Wildman–Crippen LogP) is 2.32. The van der Waals surface area contributed by atoms with Gasteiger partial charge in [0.1, 0.15) is 11.5 Å².